The first-order valence-electron chi connectivity index (χ1n) is 5.48. The fourth-order valence-corrected chi connectivity index (χ4v) is 1.60. The lowest BCUT2D eigenvalue weighted by Crippen LogP contribution is -2.58. The molecule has 0 aromatic rings. The van der Waals surface area contributed by atoms with E-state index in [9.17, 15) is 13.2 Å². The zero-order valence-corrected chi connectivity index (χ0v) is 9.70. The van der Waals surface area contributed by atoms with Crippen molar-refractivity contribution in [3.63, 3.8) is 0 Å². The molecule has 2 N–H and O–H groups in total. The van der Waals surface area contributed by atoms with Crippen LogP contribution in [0, 0.1) is 0 Å². The normalized spacial score (nSPS) is 29.1. The summed E-state index contributed by atoms with van der Waals surface area (Å²) in [6, 6.07) is -0.164. The van der Waals surface area contributed by atoms with E-state index in [1.54, 1.807) is 7.11 Å². The van der Waals surface area contributed by atoms with Gasteiger partial charge < -0.3 is 19.9 Å². The Balaban J connectivity index is 2.16. The largest absolute Gasteiger partial charge is 0.391 e. The highest BCUT2D eigenvalue weighted by atomic mass is 19.4. The molecule has 1 aliphatic carbocycles. The van der Waals surface area contributed by atoms with Crippen molar-refractivity contribution >= 4 is 0 Å². The molecule has 3 atom stereocenters. The van der Waals surface area contributed by atoms with E-state index in [2.05, 4.69) is 0 Å². The maximum Gasteiger partial charge on any atom is 0.391 e. The van der Waals surface area contributed by atoms with Gasteiger partial charge in [0.2, 0.25) is 0 Å². The second kappa shape index (κ2) is 6.53. The maximum atomic E-state index is 11.9. The summed E-state index contributed by atoms with van der Waals surface area (Å²) in [6.07, 6.45) is -5.24. The molecular formula is C10H18F3NO3. The van der Waals surface area contributed by atoms with Crippen LogP contribution in [-0.4, -0.2) is 51.4 Å². The van der Waals surface area contributed by atoms with Crippen LogP contribution in [0.25, 0.3) is 0 Å². The first-order chi connectivity index (χ1) is 7.94. The van der Waals surface area contributed by atoms with Gasteiger partial charge in [-0.25, -0.2) is 0 Å². The van der Waals surface area contributed by atoms with Crippen LogP contribution in [0.3, 0.4) is 0 Å². The van der Waals surface area contributed by atoms with Gasteiger partial charge in [0.25, 0.3) is 0 Å². The molecule has 102 valence electrons. The van der Waals surface area contributed by atoms with E-state index in [4.69, 9.17) is 19.9 Å². The van der Waals surface area contributed by atoms with Gasteiger partial charge in [-0.05, 0) is 6.42 Å². The van der Waals surface area contributed by atoms with Gasteiger partial charge in [0.1, 0.15) is 0 Å². The van der Waals surface area contributed by atoms with Gasteiger partial charge in [-0.1, -0.05) is 0 Å². The molecule has 1 rings (SSSR count). The molecule has 0 aliphatic heterocycles. The van der Waals surface area contributed by atoms with Crippen molar-refractivity contribution < 1.29 is 27.4 Å². The number of halogens is 3. The third-order valence-electron chi connectivity index (χ3n) is 2.61. The summed E-state index contributed by atoms with van der Waals surface area (Å²) in [4.78, 5) is 0. The SMILES string of the molecule is COCCOC1C(N)CC1OCCC(F)(F)F. The van der Waals surface area contributed by atoms with E-state index < -0.39 is 12.6 Å². The van der Waals surface area contributed by atoms with Gasteiger partial charge in [-0.3, -0.25) is 0 Å². The maximum absolute atomic E-state index is 11.9. The van der Waals surface area contributed by atoms with Crippen molar-refractivity contribution in [2.75, 3.05) is 26.9 Å². The smallest absolute Gasteiger partial charge is 0.382 e. The monoisotopic (exact) mass is 257 g/mol. The lowest BCUT2D eigenvalue weighted by Gasteiger charge is -2.41. The molecule has 0 radical (unpaired) electrons. The van der Waals surface area contributed by atoms with Crippen molar-refractivity contribution in [1.29, 1.82) is 0 Å². The lowest BCUT2D eigenvalue weighted by molar-refractivity contribution is -0.177. The second-order valence-corrected chi connectivity index (χ2v) is 4.00. The van der Waals surface area contributed by atoms with E-state index in [-0.39, 0.29) is 24.9 Å². The molecule has 1 saturated carbocycles. The van der Waals surface area contributed by atoms with Gasteiger partial charge in [-0.2, -0.15) is 13.2 Å². The number of ether oxygens (including phenoxy) is 3. The molecule has 0 saturated heterocycles. The van der Waals surface area contributed by atoms with Crippen molar-refractivity contribution in [2.24, 2.45) is 5.73 Å². The van der Waals surface area contributed by atoms with Crippen molar-refractivity contribution in [2.45, 2.75) is 37.3 Å². The van der Waals surface area contributed by atoms with Gasteiger partial charge in [0.15, 0.2) is 0 Å². The minimum Gasteiger partial charge on any atom is -0.382 e. The average molecular weight is 257 g/mol. The van der Waals surface area contributed by atoms with E-state index in [0.717, 1.165) is 0 Å². The van der Waals surface area contributed by atoms with Crippen LogP contribution >= 0.6 is 0 Å². The van der Waals surface area contributed by atoms with Crippen LogP contribution < -0.4 is 5.73 Å². The van der Waals surface area contributed by atoms with Crippen LogP contribution in [0.5, 0.6) is 0 Å². The Morgan fingerprint density at radius 2 is 1.88 bits per heavy atom. The van der Waals surface area contributed by atoms with Gasteiger partial charge in [0.05, 0.1) is 38.4 Å². The number of hydrogen-bond acceptors (Lipinski definition) is 4. The Morgan fingerprint density at radius 3 is 2.41 bits per heavy atom. The van der Waals surface area contributed by atoms with Gasteiger partial charge >= 0.3 is 6.18 Å². The molecule has 17 heavy (non-hydrogen) atoms. The standard InChI is InChI=1S/C10H18F3NO3/c1-15-4-5-17-9-7(14)6-8(9)16-3-2-10(11,12)13/h7-9H,2-6,14H2,1H3. The number of hydrogen-bond donors (Lipinski definition) is 1. The summed E-state index contributed by atoms with van der Waals surface area (Å²) in [6.45, 7) is 0.456. The van der Waals surface area contributed by atoms with Crippen LogP contribution in [0.1, 0.15) is 12.8 Å². The summed E-state index contributed by atoms with van der Waals surface area (Å²) < 4.78 is 51.0. The van der Waals surface area contributed by atoms with E-state index in [1.165, 1.54) is 0 Å². The summed E-state index contributed by atoms with van der Waals surface area (Å²) in [7, 11) is 1.54. The minimum atomic E-state index is -4.18. The lowest BCUT2D eigenvalue weighted by atomic mass is 9.86. The first kappa shape index (κ1) is 14.7. The predicted molar refractivity (Wildman–Crippen MR) is 54.6 cm³/mol. The molecule has 0 aromatic carbocycles. The number of rotatable bonds is 7. The van der Waals surface area contributed by atoms with Gasteiger partial charge in [0, 0.05) is 13.2 Å². The Kier molecular flexibility index (Phi) is 5.64. The molecule has 1 aliphatic rings. The number of alkyl halides is 3. The fourth-order valence-electron chi connectivity index (χ4n) is 1.60. The topological polar surface area (TPSA) is 53.7 Å². The molecule has 7 heteroatoms. The molecule has 1 fully saturated rings. The van der Waals surface area contributed by atoms with Crippen LogP contribution in [0.15, 0.2) is 0 Å². The highest BCUT2D eigenvalue weighted by molar-refractivity contribution is 4.95. The van der Waals surface area contributed by atoms with E-state index in [1.807, 2.05) is 0 Å². The quantitative estimate of drug-likeness (QED) is 0.694. The molecule has 0 bridgehead atoms. The van der Waals surface area contributed by atoms with E-state index in [0.29, 0.717) is 19.6 Å². The van der Waals surface area contributed by atoms with Crippen molar-refractivity contribution in [3.05, 3.63) is 0 Å². The molecule has 3 unspecified atom stereocenters. The first-order valence-corrected chi connectivity index (χ1v) is 5.48. The van der Waals surface area contributed by atoms with Crippen LogP contribution in [-0.2, 0) is 14.2 Å². The zero-order chi connectivity index (χ0) is 12.9. The Morgan fingerprint density at radius 1 is 1.18 bits per heavy atom. The van der Waals surface area contributed by atoms with Crippen molar-refractivity contribution in [3.8, 4) is 0 Å². The minimum absolute atomic E-state index is 0.164. The fraction of sp³-hybridized carbons (Fsp3) is 1.00. The van der Waals surface area contributed by atoms with Crippen LogP contribution in [0.2, 0.25) is 0 Å². The third kappa shape index (κ3) is 5.20. The highest BCUT2D eigenvalue weighted by Gasteiger charge is 2.41. The summed E-state index contributed by atoms with van der Waals surface area (Å²) in [5.41, 5.74) is 5.68. The molecule has 0 aromatic heterocycles. The Bertz CT molecular complexity index is 225. The third-order valence-corrected chi connectivity index (χ3v) is 2.61. The van der Waals surface area contributed by atoms with E-state index >= 15 is 0 Å². The number of nitrogens with two attached hydrogens (primary N) is 1. The zero-order valence-electron chi connectivity index (χ0n) is 9.70. The Hall–Kier alpha value is -0.370. The Labute approximate surface area is 98.2 Å². The summed E-state index contributed by atoms with van der Waals surface area (Å²) >= 11 is 0. The molecular weight excluding hydrogens is 239 g/mol. The van der Waals surface area contributed by atoms with Crippen molar-refractivity contribution in [1.82, 2.24) is 0 Å². The predicted octanol–water partition coefficient (Wildman–Crippen LogP) is 1.09. The summed E-state index contributed by atoms with van der Waals surface area (Å²) in [5, 5.41) is 0. The molecule has 0 amide bonds. The van der Waals surface area contributed by atoms with Gasteiger partial charge in [-0.15, -0.1) is 0 Å². The number of methoxy groups -OCH3 is 1. The highest BCUT2D eigenvalue weighted by Crippen LogP contribution is 2.27. The molecule has 0 heterocycles. The molecule has 0 spiro atoms. The molecule has 4 nitrogen and oxygen atoms in total. The second-order valence-electron chi connectivity index (χ2n) is 4.00. The van der Waals surface area contributed by atoms with Crippen LogP contribution in [0.4, 0.5) is 13.2 Å². The summed E-state index contributed by atoms with van der Waals surface area (Å²) in [5.74, 6) is 0. The average Bonchev–Trinajstić information content (AvgIpc) is 2.21.